The summed E-state index contributed by atoms with van der Waals surface area (Å²) in [6, 6.07) is 0. The highest BCUT2D eigenvalue weighted by Crippen LogP contribution is 2.04. The van der Waals surface area contributed by atoms with E-state index < -0.39 is 0 Å². The van der Waals surface area contributed by atoms with Crippen LogP contribution >= 0.6 is 0 Å². The Hall–Kier alpha value is -2.42. The molecule has 0 aliphatic rings. The van der Waals surface area contributed by atoms with Crippen molar-refractivity contribution in [1.29, 1.82) is 0 Å². The molecule has 0 heterocycles. The molecule has 0 saturated carbocycles. The summed E-state index contributed by atoms with van der Waals surface area (Å²) in [6.45, 7) is 21.4. The maximum Gasteiger partial charge on any atom is 0.164 e. The van der Waals surface area contributed by atoms with Crippen LogP contribution in [0.25, 0.3) is 0 Å². The van der Waals surface area contributed by atoms with Gasteiger partial charge in [0.25, 0.3) is 0 Å². The van der Waals surface area contributed by atoms with Gasteiger partial charge in [0.2, 0.25) is 0 Å². The van der Waals surface area contributed by atoms with Gasteiger partial charge in [-0.2, -0.15) is 0 Å². The van der Waals surface area contributed by atoms with Crippen LogP contribution in [0.3, 0.4) is 0 Å². The number of ketones is 1. The minimum absolute atomic E-state index is 0.0250. The van der Waals surface area contributed by atoms with E-state index in [0.29, 0.717) is 17.4 Å². The third-order valence-corrected chi connectivity index (χ3v) is 1.92. The fraction of sp³-hybridized carbons (Fsp3) is 0.263. The molecule has 0 rings (SSSR count). The maximum atomic E-state index is 11.2. The summed E-state index contributed by atoms with van der Waals surface area (Å²) < 4.78 is 0. The van der Waals surface area contributed by atoms with Gasteiger partial charge in [-0.1, -0.05) is 72.2 Å². The number of carbonyl (C=O) groups excluding carboxylic acids is 2. The molecule has 0 amide bonds. The van der Waals surface area contributed by atoms with Gasteiger partial charge in [0, 0.05) is 17.1 Å². The molecule has 3 nitrogen and oxygen atoms in total. The van der Waals surface area contributed by atoms with Gasteiger partial charge in [-0.05, 0) is 12.2 Å². The molecule has 3 heteroatoms. The summed E-state index contributed by atoms with van der Waals surface area (Å²) in [5, 5.41) is 8.46. The Morgan fingerprint density at radius 2 is 1.55 bits per heavy atom. The number of Topliss-reactive ketones (excluding diaryl/α,β-unsaturated/α-hetero) is 1. The normalized spacial score (nSPS) is 9.32. The summed E-state index contributed by atoms with van der Waals surface area (Å²) in [6.07, 6.45) is 8.29. The van der Waals surface area contributed by atoms with E-state index in [2.05, 4.69) is 26.3 Å². The number of hydrogen-bond acceptors (Lipinski definition) is 3. The van der Waals surface area contributed by atoms with Crippen molar-refractivity contribution in [3.05, 3.63) is 73.6 Å². The predicted octanol–water partition coefficient (Wildman–Crippen LogP) is 4.91. The third kappa shape index (κ3) is 17.6. The van der Waals surface area contributed by atoms with Crippen molar-refractivity contribution < 1.29 is 14.7 Å². The zero-order valence-electron chi connectivity index (χ0n) is 14.1. The van der Waals surface area contributed by atoms with Gasteiger partial charge in [-0.3, -0.25) is 9.59 Å². The fourth-order valence-electron chi connectivity index (χ4n) is 0.880. The number of rotatable bonds is 7. The Kier molecular flexibility index (Phi) is 18.6. The van der Waals surface area contributed by atoms with Crippen LogP contribution in [0, 0.1) is 5.92 Å². The first-order chi connectivity index (χ1) is 10.3. The van der Waals surface area contributed by atoms with Crippen molar-refractivity contribution in [2.24, 2.45) is 5.92 Å². The van der Waals surface area contributed by atoms with E-state index in [1.807, 2.05) is 27.7 Å². The minimum Gasteiger partial charge on any atom is -0.509 e. The van der Waals surface area contributed by atoms with Crippen LogP contribution in [-0.2, 0) is 9.59 Å². The quantitative estimate of drug-likeness (QED) is 0.315. The van der Waals surface area contributed by atoms with Crippen LogP contribution in [-0.4, -0.2) is 17.2 Å². The summed E-state index contributed by atoms with van der Waals surface area (Å²) in [4.78, 5) is 21.0. The zero-order chi connectivity index (χ0) is 18.1. The molecule has 0 unspecified atom stereocenters. The highest BCUT2D eigenvalue weighted by atomic mass is 16.3. The topological polar surface area (TPSA) is 54.4 Å². The number of aliphatic hydroxyl groups excluding tert-OH is 1. The lowest BCUT2D eigenvalue weighted by atomic mass is 10.0. The van der Waals surface area contributed by atoms with Gasteiger partial charge >= 0.3 is 0 Å². The fourth-order valence-corrected chi connectivity index (χ4v) is 0.880. The number of hydrogen-bond donors (Lipinski definition) is 1. The van der Waals surface area contributed by atoms with Crippen LogP contribution in [0.4, 0.5) is 0 Å². The summed E-state index contributed by atoms with van der Waals surface area (Å²) in [5.41, 5.74) is 0.852. The molecule has 0 spiro atoms. The van der Waals surface area contributed by atoms with E-state index in [-0.39, 0.29) is 17.5 Å². The summed E-state index contributed by atoms with van der Waals surface area (Å²) in [7, 11) is 0. The lowest BCUT2D eigenvalue weighted by molar-refractivity contribution is -0.117. The molecular weight excluding hydrogens is 276 g/mol. The maximum absolute atomic E-state index is 11.2. The average Bonchev–Trinajstić information content (AvgIpc) is 2.51. The van der Waals surface area contributed by atoms with E-state index in [1.54, 1.807) is 18.2 Å². The van der Waals surface area contributed by atoms with Crippen LogP contribution in [0.2, 0.25) is 0 Å². The Balaban J connectivity index is -0.000000299. The Labute approximate surface area is 134 Å². The van der Waals surface area contributed by atoms with E-state index in [0.717, 1.165) is 0 Å². The van der Waals surface area contributed by atoms with Crippen molar-refractivity contribution in [2.45, 2.75) is 27.7 Å². The van der Waals surface area contributed by atoms with E-state index >= 15 is 0 Å². The molecule has 0 aromatic rings. The number of allylic oxidation sites excluding steroid dienone is 7. The van der Waals surface area contributed by atoms with Crippen molar-refractivity contribution in [3.8, 4) is 0 Å². The lowest BCUT2D eigenvalue weighted by Gasteiger charge is -2.01. The van der Waals surface area contributed by atoms with E-state index in [9.17, 15) is 9.59 Å². The smallest absolute Gasteiger partial charge is 0.164 e. The van der Waals surface area contributed by atoms with Gasteiger partial charge in [0.05, 0.1) is 0 Å². The largest absolute Gasteiger partial charge is 0.509 e. The molecule has 0 atom stereocenters. The SMILES string of the molecule is C=C(O)/C=C\C(=C)C=O.C=C/C=C\C(=C)C(=O)C(C)C.CC. The van der Waals surface area contributed by atoms with Crippen LogP contribution in [0.5, 0.6) is 0 Å². The van der Waals surface area contributed by atoms with Crippen molar-refractivity contribution in [2.75, 3.05) is 0 Å². The molecule has 1 N–H and O–H groups in total. The molecule has 0 saturated heterocycles. The molecular formula is C19H28O3. The molecule has 22 heavy (non-hydrogen) atoms. The standard InChI is InChI=1S/C10H14O.C7H8O2.C2H6/c1-5-6-7-9(4)10(11)8(2)3;1-6(5-8)3-4-7(2)9;1-2/h5-8H,1,4H2,2-3H3;3-5,9H,1-2H2;1-2H3/b7-6-;4-3-;. The van der Waals surface area contributed by atoms with Crippen LogP contribution in [0.15, 0.2) is 73.6 Å². The van der Waals surface area contributed by atoms with Crippen molar-refractivity contribution in [1.82, 2.24) is 0 Å². The molecule has 0 bridgehead atoms. The highest BCUT2D eigenvalue weighted by Gasteiger charge is 2.07. The first kappa shape index (κ1) is 24.6. The van der Waals surface area contributed by atoms with Crippen molar-refractivity contribution in [3.63, 3.8) is 0 Å². The van der Waals surface area contributed by atoms with Gasteiger partial charge in [0.15, 0.2) is 5.78 Å². The van der Waals surface area contributed by atoms with Crippen molar-refractivity contribution >= 4 is 12.1 Å². The van der Waals surface area contributed by atoms with Crippen LogP contribution in [0.1, 0.15) is 27.7 Å². The molecule has 0 aromatic heterocycles. The Morgan fingerprint density at radius 3 is 1.86 bits per heavy atom. The third-order valence-electron chi connectivity index (χ3n) is 1.92. The summed E-state index contributed by atoms with van der Waals surface area (Å²) >= 11 is 0. The first-order valence-corrected chi connectivity index (χ1v) is 6.98. The van der Waals surface area contributed by atoms with E-state index in [4.69, 9.17) is 5.11 Å². The summed E-state index contributed by atoms with van der Waals surface area (Å²) in [5.74, 6) is 0.0260. The van der Waals surface area contributed by atoms with E-state index in [1.165, 1.54) is 12.2 Å². The van der Waals surface area contributed by atoms with Gasteiger partial charge in [-0.15, -0.1) is 0 Å². The van der Waals surface area contributed by atoms with Gasteiger partial charge in [0.1, 0.15) is 12.0 Å². The molecule has 122 valence electrons. The predicted molar refractivity (Wildman–Crippen MR) is 95.8 cm³/mol. The van der Waals surface area contributed by atoms with Gasteiger partial charge in [-0.25, -0.2) is 0 Å². The molecule has 0 radical (unpaired) electrons. The molecule has 0 fully saturated rings. The van der Waals surface area contributed by atoms with Crippen LogP contribution < -0.4 is 0 Å². The average molecular weight is 304 g/mol. The Bertz CT molecular complexity index is 449. The second kappa shape index (κ2) is 16.6. The monoisotopic (exact) mass is 304 g/mol. The number of aliphatic hydroxyl groups is 1. The zero-order valence-corrected chi connectivity index (χ0v) is 14.1. The Morgan fingerprint density at radius 1 is 1.05 bits per heavy atom. The molecule has 0 aliphatic heterocycles. The highest BCUT2D eigenvalue weighted by molar-refractivity contribution is 5.98. The second-order valence-corrected chi connectivity index (χ2v) is 4.16. The molecule has 0 aromatic carbocycles. The molecule has 0 aliphatic carbocycles. The number of aldehydes is 1. The minimum atomic E-state index is -0.0852. The number of carbonyl (C=O) groups is 2. The first-order valence-electron chi connectivity index (χ1n) is 6.98. The van der Waals surface area contributed by atoms with Gasteiger partial charge < -0.3 is 5.11 Å². The lowest BCUT2D eigenvalue weighted by Crippen LogP contribution is -2.07. The second-order valence-electron chi connectivity index (χ2n) is 4.16.